The molecule has 0 spiro atoms. The summed E-state index contributed by atoms with van der Waals surface area (Å²) >= 11 is 0. The molecular formula is C16H19N3O3. The zero-order valence-corrected chi connectivity index (χ0v) is 12.8. The van der Waals surface area contributed by atoms with Crippen molar-refractivity contribution in [3.8, 4) is 11.3 Å². The first-order chi connectivity index (χ1) is 10.3. The van der Waals surface area contributed by atoms with E-state index in [-0.39, 0.29) is 12.1 Å². The molecule has 0 fully saturated rings. The smallest absolute Gasteiger partial charge is 0.408 e. The summed E-state index contributed by atoms with van der Waals surface area (Å²) in [7, 11) is 0. The molecule has 0 aliphatic heterocycles. The minimum absolute atomic E-state index is 0.0881. The standard InChI is InChI=1S/C16H19N3O3/c1-16(2,3)22-15(21)17-10-13-18-12(9-14(20)19-13)11-7-5-4-6-8-11/h4-9H,10H2,1-3H3,(H,17,21)(H,18,19,20). The van der Waals surface area contributed by atoms with E-state index < -0.39 is 11.7 Å². The number of nitrogens with zero attached hydrogens (tertiary/aromatic N) is 1. The zero-order chi connectivity index (χ0) is 16.2. The molecule has 1 heterocycles. The van der Waals surface area contributed by atoms with E-state index >= 15 is 0 Å². The summed E-state index contributed by atoms with van der Waals surface area (Å²) in [6.07, 6.45) is -0.555. The van der Waals surface area contributed by atoms with Crippen LogP contribution in [0.15, 0.2) is 41.2 Å². The van der Waals surface area contributed by atoms with Crippen molar-refractivity contribution in [3.05, 3.63) is 52.6 Å². The Morgan fingerprint density at radius 2 is 1.95 bits per heavy atom. The summed E-state index contributed by atoms with van der Waals surface area (Å²) in [5.41, 5.74) is 0.559. The zero-order valence-electron chi connectivity index (χ0n) is 12.8. The predicted octanol–water partition coefficient (Wildman–Crippen LogP) is 2.46. The second-order valence-electron chi connectivity index (χ2n) is 5.80. The number of carbonyl (C=O) groups is 1. The Morgan fingerprint density at radius 3 is 2.59 bits per heavy atom. The van der Waals surface area contributed by atoms with Gasteiger partial charge in [0.2, 0.25) is 0 Å². The molecular weight excluding hydrogens is 282 g/mol. The molecule has 2 N–H and O–H groups in total. The summed E-state index contributed by atoms with van der Waals surface area (Å²) < 4.78 is 5.13. The average molecular weight is 301 g/mol. The van der Waals surface area contributed by atoms with Crippen molar-refractivity contribution in [2.24, 2.45) is 0 Å². The van der Waals surface area contributed by atoms with Crippen LogP contribution in [0.3, 0.4) is 0 Å². The Balaban J connectivity index is 2.11. The highest BCUT2D eigenvalue weighted by Gasteiger charge is 2.16. The van der Waals surface area contributed by atoms with E-state index in [2.05, 4.69) is 15.3 Å². The molecule has 1 aromatic heterocycles. The summed E-state index contributed by atoms with van der Waals surface area (Å²) in [6, 6.07) is 10.8. The van der Waals surface area contributed by atoms with Gasteiger partial charge in [-0.25, -0.2) is 9.78 Å². The van der Waals surface area contributed by atoms with Crippen molar-refractivity contribution in [2.75, 3.05) is 0 Å². The van der Waals surface area contributed by atoms with Crippen LogP contribution >= 0.6 is 0 Å². The Kier molecular flexibility index (Phi) is 4.60. The van der Waals surface area contributed by atoms with E-state index in [4.69, 9.17) is 4.74 Å². The van der Waals surface area contributed by atoms with E-state index in [1.807, 2.05) is 30.3 Å². The Hall–Kier alpha value is -2.63. The second-order valence-corrected chi connectivity index (χ2v) is 5.80. The van der Waals surface area contributed by atoms with Gasteiger partial charge in [-0.1, -0.05) is 30.3 Å². The number of amides is 1. The van der Waals surface area contributed by atoms with Crippen molar-refractivity contribution in [1.82, 2.24) is 15.3 Å². The van der Waals surface area contributed by atoms with E-state index in [1.54, 1.807) is 20.8 Å². The van der Waals surface area contributed by atoms with Crippen LogP contribution in [0.5, 0.6) is 0 Å². The van der Waals surface area contributed by atoms with Gasteiger partial charge in [0.15, 0.2) is 0 Å². The second kappa shape index (κ2) is 6.43. The molecule has 0 radical (unpaired) electrons. The lowest BCUT2D eigenvalue weighted by atomic mass is 10.1. The normalized spacial score (nSPS) is 11.0. The molecule has 116 valence electrons. The summed E-state index contributed by atoms with van der Waals surface area (Å²) in [5.74, 6) is 0.372. The van der Waals surface area contributed by atoms with E-state index in [0.717, 1.165) is 5.56 Å². The fraction of sp³-hybridized carbons (Fsp3) is 0.312. The minimum Gasteiger partial charge on any atom is -0.444 e. The number of aromatic amines is 1. The molecule has 6 nitrogen and oxygen atoms in total. The molecule has 1 aromatic carbocycles. The minimum atomic E-state index is -0.573. The molecule has 0 aliphatic carbocycles. The number of hydrogen-bond donors (Lipinski definition) is 2. The van der Waals surface area contributed by atoms with Gasteiger partial charge in [0.05, 0.1) is 12.2 Å². The lowest BCUT2D eigenvalue weighted by Gasteiger charge is -2.19. The molecule has 1 amide bonds. The van der Waals surface area contributed by atoms with Gasteiger partial charge in [-0.05, 0) is 20.8 Å². The van der Waals surface area contributed by atoms with Crippen LogP contribution in [0.4, 0.5) is 4.79 Å². The maximum Gasteiger partial charge on any atom is 0.408 e. The number of H-pyrrole nitrogens is 1. The molecule has 0 aliphatic rings. The van der Waals surface area contributed by atoms with E-state index in [0.29, 0.717) is 11.5 Å². The number of carbonyl (C=O) groups excluding carboxylic acids is 1. The van der Waals surface area contributed by atoms with Gasteiger partial charge in [-0.15, -0.1) is 0 Å². The van der Waals surface area contributed by atoms with Gasteiger partial charge in [0.25, 0.3) is 5.56 Å². The van der Waals surface area contributed by atoms with Crippen LogP contribution in [-0.2, 0) is 11.3 Å². The van der Waals surface area contributed by atoms with Crippen molar-refractivity contribution in [3.63, 3.8) is 0 Å². The topological polar surface area (TPSA) is 84.1 Å². The Morgan fingerprint density at radius 1 is 1.27 bits per heavy atom. The van der Waals surface area contributed by atoms with Crippen LogP contribution in [0.25, 0.3) is 11.3 Å². The first kappa shape index (κ1) is 15.8. The molecule has 0 bridgehead atoms. The fourth-order valence-corrected chi connectivity index (χ4v) is 1.82. The monoisotopic (exact) mass is 301 g/mol. The van der Waals surface area contributed by atoms with Crippen LogP contribution < -0.4 is 10.9 Å². The van der Waals surface area contributed by atoms with Gasteiger partial charge in [-0.2, -0.15) is 0 Å². The molecule has 0 unspecified atom stereocenters. The van der Waals surface area contributed by atoms with E-state index in [1.165, 1.54) is 6.07 Å². The number of alkyl carbamates (subject to hydrolysis) is 1. The van der Waals surface area contributed by atoms with Gasteiger partial charge >= 0.3 is 6.09 Å². The molecule has 6 heteroatoms. The van der Waals surface area contributed by atoms with Crippen molar-refractivity contribution >= 4 is 6.09 Å². The van der Waals surface area contributed by atoms with Crippen LogP contribution in [0.2, 0.25) is 0 Å². The molecule has 2 rings (SSSR count). The number of benzene rings is 1. The highest BCUT2D eigenvalue weighted by Crippen LogP contribution is 2.14. The van der Waals surface area contributed by atoms with E-state index in [9.17, 15) is 9.59 Å². The summed E-state index contributed by atoms with van der Waals surface area (Å²) in [6.45, 7) is 5.43. The third kappa shape index (κ3) is 4.73. The number of aromatic nitrogens is 2. The van der Waals surface area contributed by atoms with Gasteiger partial charge in [0.1, 0.15) is 11.4 Å². The lowest BCUT2D eigenvalue weighted by Crippen LogP contribution is -2.33. The van der Waals surface area contributed by atoms with Gasteiger partial charge in [0, 0.05) is 11.6 Å². The highest BCUT2D eigenvalue weighted by molar-refractivity contribution is 5.67. The number of nitrogens with one attached hydrogen (secondary N) is 2. The summed E-state index contributed by atoms with van der Waals surface area (Å²) in [4.78, 5) is 30.3. The van der Waals surface area contributed by atoms with Crippen LogP contribution in [-0.4, -0.2) is 21.7 Å². The molecule has 0 saturated carbocycles. The van der Waals surface area contributed by atoms with Crippen LogP contribution in [0.1, 0.15) is 26.6 Å². The lowest BCUT2D eigenvalue weighted by molar-refractivity contribution is 0.0522. The Labute approximate surface area is 128 Å². The molecule has 0 saturated heterocycles. The highest BCUT2D eigenvalue weighted by atomic mass is 16.6. The molecule has 22 heavy (non-hydrogen) atoms. The number of hydrogen-bond acceptors (Lipinski definition) is 4. The average Bonchev–Trinajstić information content (AvgIpc) is 2.44. The van der Waals surface area contributed by atoms with Gasteiger partial charge in [-0.3, -0.25) is 4.79 Å². The third-order valence-electron chi connectivity index (χ3n) is 2.66. The molecule has 0 atom stereocenters. The maximum atomic E-state index is 11.7. The maximum absolute atomic E-state index is 11.7. The fourth-order valence-electron chi connectivity index (χ4n) is 1.82. The quantitative estimate of drug-likeness (QED) is 0.912. The third-order valence-corrected chi connectivity index (χ3v) is 2.66. The predicted molar refractivity (Wildman–Crippen MR) is 83.4 cm³/mol. The number of ether oxygens (including phenoxy) is 1. The van der Waals surface area contributed by atoms with Crippen LogP contribution in [0, 0.1) is 0 Å². The Bertz CT molecular complexity index is 703. The summed E-state index contributed by atoms with van der Waals surface area (Å²) in [5, 5.41) is 2.57. The van der Waals surface area contributed by atoms with Crippen molar-refractivity contribution in [2.45, 2.75) is 32.9 Å². The van der Waals surface area contributed by atoms with Gasteiger partial charge < -0.3 is 15.0 Å². The van der Waals surface area contributed by atoms with Crippen molar-refractivity contribution in [1.29, 1.82) is 0 Å². The largest absolute Gasteiger partial charge is 0.444 e. The first-order valence-corrected chi connectivity index (χ1v) is 6.96. The number of rotatable bonds is 3. The van der Waals surface area contributed by atoms with Crippen molar-refractivity contribution < 1.29 is 9.53 Å². The SMILES string of the molecule is CC(C)(C)OC(=O)NCc1nc(-c2ccccc2)cc(=O)[nH]1. The first-order valence-electron chi connectivity index (χ1n) is 6.96. The molecule has 2 aromatic rings.